The second-order valence-electron chi connectivity index (χ2n) is 11.4. The summed E-state index contributed by atoms with van der Waals surface area (Å²) in [5.74, 6) is -3.09. The largest absolute Gasteiger partial charge is 0.333 e. The molecular formula is C27H41Cl2F2N5O2. The van der Waals surface area contributed by atoms with Gasteiger partial charge >= 0.3 is 0 Å². The number of rotatable bonds is 7. The summed E-state index contributed by atoms with van der Waals surface area (Å²) in [4.78, 5) is 36.1. The van der Waals surface area contributed by atoms with E-state index in [0.29, 0.717) is 44.8 Å². The maximum absolute atomic E-state index is 14.7. The molecule has 0 unspecified atom stereocenters. The van der Waals surface area contributed by atoms with Crippen LogP contribution in [0.4, 0.5) is 14.5 Å². The molecule has 2 atom stereocenters. The first-order valence-electron chi connectivity index (χ1n) is 13.0. The summed E-state index contributed by atoms with van der Waals surface area (Å²) < 4.78 is 29.4. The van der Waals surface area contributed by atoms with E-state index in [1.165, 1.54) is 12.3 Å². The van der Waals surface area contributed by atoms with E-state index in [-0.39, 0.29) is 72.8 Å². The Morgan fingerprint density at radius 1 is 1.26 bits per heavy atom. The molecule has 11 heteroatoms. The van der Waals surface area contributed by atoms with Gasteiger partial charge in [0.05, 0.1) is 12.2 Å². The molecule has 0 radical (unpaired) electrons. The van der Waals surface area contributed by atoms with Crippen LogP contribution in [0.5, 0.6) is 0 Å². The predicted octanol–water partition coefficient (Wildman–Crippen LogP) is 4.28. The zero-order valence-corrected chi connectivity index (χ0v) is 24.8. The lowest BCUT2D eigenvalue weighted by Crippen LogP contribution is -2.61. The maximum Gasteiger partial charge on any atom is 0.289 e. The van der Waals surface area contributed by atoms with Gasteiger partial charge in [-0.15, -0.1) is 24.8 Å². The number of pyridine rings is 1. The molecule has 38 heavy (non-hydrogen) atoms. The normalized spacial score (nSPS) is 23.3. The molecule has 4 rings (SSSR count). The number of amides is 2. The topological polar surface area (TPSA) is 68.8 Å². The smallest absolute Gasteiger partial charge is 0.289 e. The van der Waals surface area contributed by atoms with E-state index in [1.807, 2.05) is 32.6 Å². The van der Waals surface area contributed by atoms with E-state index in [4.69, 9.17) is 0 Å². The quantitative estimate of drug-likeness (QED) is 0.525. The van der Waals surface area contributed by atoms with Crippen LogP contribution in [-0.4, -0.2) is 78.0 Å². The molecule has 1 fully saturated rings. The second-order valence-corrected chi connectivity index (χ2v) is 11.4. The van der Waals surface area contributed by atoms with Crippen molar-refractivity contribution in [3.8, 4) is 0 Å². The van der Waals surface area contributed by atoms with Gasteiger partial charge in [-0.3, -0.25) is 19.5 Å². The molecule has 1 aromatic rings. The molecule has 0 aliphatic carbocycles. The van der Waals surface area contributed by atoms with Crippen molar-refractivity contribution in [2.45, 2.75) is 77.8 Å². The van der Waals surface area contributed by atoms with E-state index in [1.54, 1.807) is 11.8 Å². The second kappa shape index (κ2) is 12.1. The van der Waals surface area contributed by atoms with Gasteiger partial charge in [0.15, 0.2) is 0 Å². The molecule has 7 nitrogen and oxygen atoms in total. The van der Waals surface area contributed by atoms with Gasteiger partial charge in [0.25, 0.3) is 5.92 Å². The van der Waals surface area contributed by atoms with E-state index in [9.17, 15) is 18.4 Å². The van der Waals surface area contributed by atoms with Crippen LogP contribution in [0.15, 0.2) is 23.4 Å². The van der Waals surface area contributed by atoms with Gasteiger partial charge < -0.3 is 15.1 Å². The summed E-state index contributed by atoms with van der Waals surface area (Å²) in [6.45, 7) is 14.8. The third kappa shape index (κ3) is 6.32. The molecule has 214 valence electrons. The van der Waals surface area contributed by atoms with Gasteiger partial charge in [0.2, 0.25) is 11.8 Å². The summed E-state index contributed by atoms with van der Waals surface area (Å²) >= 11 is 0. The first-order valence-corrected chi connectivity index (χ1v) is 13.0. The van der Waals surface area contributed by atoms with E-state index in [0.717, 1.165) is 16.7 Å². The molecule has 0 saturated carbocycles. The minimum atomic E-state index is -3.03. The molecule has 1 aromatic heterocycles. The lowest BCUT2D eigenvalue weighted by atomic mass is 9.88. The zero-order chi connectivity index (χ0) is 26.4. The molecular weight excluding hydrogens is 535 g/mol. The summed E-state index contributed by atoms with van der Waals surface area (Å²) in [5, 5.41) is 3.47. The van der Waals surface area contributed by atoms with Crippen molar-refractivity contribution >= 4 is 42.3 Å². The Hall–Kier alpha value is -1.81. The van der Waals surface area contributed by atoms with Gasteiger partial charge in [0.1, 0.15) is 5.69 Å². The van der Waals surface area contributed by atoms with E-state index >= 15 is 0 Å². The third-order valence-electron chi connectivity index (χ3n) is 7.87. The van der Waals surface area contributed by atoms with Crippen molar-refractivity contribution in [2.24, 2.45) is 0 Å². The van der Waals surface area contributed by atoms with Crippen molar-refractivity contribution < 1.29 is 18.4 Å². The van der Waals surface area contributed by atoms with Crippen LogP contribution in [0.3, 0.4) is 0 Å². The molecule has 1 saturated heterocycles. The molecule has 0 spiro atoms. The average molecular weight is 577 g/mol. The fourth-order valence-corrected chi connectivity index (χ4v) is 5.58. The number of aromatic nitrogens is 1. The summed E-state index contributed by atoms with van der Waals surface area (Å²) in [5.41, 5.74) is 2.58. The summed E-state index contributed by atoms with van der Waals surface area (Å²) in [7, 11) is 0. The maximum atomic E-state index is 14.7. The Morgan fingerprint density at radius 2 is 1.95 bits per heavy atom. The summed E-state index contributed by atoms with van der Waals surface area (Å²) in [6.07, 6.45) is 1.59. The van der Waals surface area contributed by atoms with Crippen LogP contribution in [0.25, 0.3) is 0 Å². The van der Waals surface area contributed by atoms with Crippen LogP contribution < -0.4 is 10.2 Å². The van der Waals surface area contributed by atoms with Crippen LogP contribution in [0.2, 0.25) is 0 Å². The third-order valence-corrected chi connectivity index (χ3v) is 7.87. The van der Waals surface area contributed by atoms with Crippen molar-refractivity contribution in [1.82, 2.24) is 20.1 Å². The van der Waals surface area contributed by atoms with Crippen molar-refractivity contribution in [3.05, 3.63) is 34.7 Å². The Labute approximate surface area is 237 Å². The zero-order valence-electron chi connectivity index (χ0n) is 23.1. The van der Waals surface area contributed by atoms with Crippen molar-refractivity contribution in [2.75, 3.05) is 44.2 Å². The van der Waals surface area contributed by atoms with Gasteiger partial charge in [-0.2, -0.15) is 8.78 Å². The fourth-order valence-electron chi connectivity index (χ4n) is 5.58. The number of fused-ring (bicyclic) bond motifs is 1. The number of hydrogen-bond donors (Lipinski definition) is 1. The number of nitrogens with zero attached hydrogens (tertiary/aromatic N) is 4. The summed E-state index contributed by atoms with van der Waals surface area (Å²) in [6, 6.07) is 1.61. The number of alkyl halides is 2. The van der Waals surface area contributed by atoms with Gasteiger partial charge in [-0.05, 0) is 32.4 Å². The standard InChI is InChI=1S/C27H39F2N5O2.2ClH/c1-7-8-27(28,29)23-9-22-21(11-31-23)26(5,6)16-34(22)24(35)15-32-13-18(3)30-10-20(32)14-33-12-17(2)19(4)25(33)36;;/h9,11,18,20,30H,7-8,10,12-16H2,1-6H3;2*1H/t18-,20-;;/m1../s1. The number of nitrogens with one attached hydrogen (secondary N) is 1. The van der Waals surface area contributed by atoms with Crippen molar-refractivity contribution in [3.63, 3.8) is 0 Å². The van der Waals surface area contributed by atoms with Gasteiger partial charge in [-0.1, -0.05) is 27.2 Å². The van der Waals surface area contributed by atoms with Crippen LogP contribution >= 0.6 is 24.8 Å². The Bertz CT molecular complexity index is 1080. The highest BCUT2D eigenvalue weighted by Gasteiger charge is 2.42. The Balaban J connectivity index is 0.00000253. The van der Waals surface area contributed by atoms with Crippen LogP contribution in [-0.2, 0) is 20.9 Å². The van der Waals surface area contributed by atoms with Crippen LogP contribution in [0, 0.1) is 0 Å². The predicted molar refractivity (Wildman–Crippen MR) is 151 cm³/mol. The number of piperazine rings is 1. The number of halogens is 4. The number of hydrogen-bond acceptors (Lipinski definition) is 5. The van der Waals surface area contributed by atoms with E-state index in [2.05, 4.69) is 22.1 Å². The average Bonchev–Trinajstić information content (AvgIpc) is 3.22. The molecule has 2 amide bonds. The Kier molecular flexibility index (Phi) is 10.4. The molecule has 0 aromatic carbocycles. The van der Waals surface area contributed by atoms with Gasteiger partial charge in [-0.25, -0.2) is 0 Å². The minimum Gasteiger partial charge on any atom is -0.333 e. The number of carbonyl (C=O) groups excluding carboxylic acids is 2. The molecule has 1 N–H and O–H groups in total. The first kappa shape index (κ1) is 32.4. The molecule has 4 heterocycles. The number of anilines is 1. The fraction of sp³-hybridized carbons (Fsp3) is 0.667. The highest BCUT2D eigenvalue weighted by Crippen LogP contribution is 2.43. The van der Waals surface area contributed by atoms with E-state index < -0.39 is 5.92 Å². The molecule has 3 aliphatic rings. The lowest BCUT2D eigenvalue weighted by molar-refractivity contribution is -0.126. The minimum absolute atomic E-state index is 0. The first-order chi connectivity index (χ1) is 16.8. The SMILES string of the molecule is CCCC(F)(F)c1cc2c(cn1)C(C)(C)CN2C(=O)CN1C[C@@H](C)NC[C@@H]1CN1CC(C)=C(C)C1=O.Cl.Cl. The van der Waals surface area contributed by atoms with Crippen molar-refractivity contribution in [1.29, 1.82) is 0 Å². The lowest BCUT2D eigenvalue weighted by Gasteiger charge is -2.41. The Morgan fingerprint density at radius 3 is 2.55 bits per heavy atom. The van der Waals surface area contributed by atoms with Crippen LogP contribution in [0.1, 0.15) is 65.6 Å². The highest BCUT2D eigenvalue weighted by atomic mass is 35.5. The number of carbonyl (C=O) groups is 2. The van der Waals surface area contributed by atoms with Gasteiger partial charge in [0, 0.05) is 74.0 Å². The monoisotopic (exact) mass is 575 g/mol. The highest BCUT2D eigenvalue weighted by molar-refractivity contribution is 5.98. The molecule has 3 aliphatic heterocycles. The molecule has 0 bridgehead atoms.